The quantitative estimate of drug-likeness (QED) is 0.780. The van der Waals surface area contributed by atoms with Gasteiger partial charge in [-0.25, -0.2) is 4.98 Å². The SMILES string of the molecule is COc1cccc(NC(=O)c2c(C)nc3ccc(C(F)(F)F)cn23)c1. The molecular weight excluding hydrogens is 335 g/mol. The van der Waals surface area contributed by atoms with Gasteiger partial charge in [0.2, 0.25) is 0 Å². The second-order valence-electron chi connectivity index (χ2n) is 5.38. The monoisotopic (exact) mass is 349 g/mol. The minimum atomic E-state index is -4.51. The number of alkyl halides is 3. The number of carbonyl (C=O) groups excluding carboxylic acids is 1. The fourth-order valence-electron chi connectivity index (χ4n) is 2.49. The second kappa shape index (κ2) is 6.12. The first kappa shape index (κ1) is 16.8. The second-order valence-corrected chi connectivity index (χ2v) is 5.38. The zero-order valence-corrected chi connectivity index (χ0v) is 13.4. The summed E-state index contributed by atoms with van der Waals surface area (Å²) in [7, 11) is 1.49. The minimum Gasteiger partial charge on any atom is -0.497 e. The first-order chi connectivity index (χ1) is 11.8. The third-order valence-corrected chi connectivity index (χ3v) is 3.66. The molecule has 0 saturated carbocycles. The average molecular weight is 349 g/mol. The van der Waals surface area contributed by atoms with Gasteiger partial charge in [-0.15, -0.1) is 0 Å². The standard InChI is InChI=1S/C17H14F3N3O2/c1-10-15(16(24)22-12-4-3-5-13(8-12)25-2)23-9-11(17(18,19)20)6-7-14(23)21-10/h3-9H,1-2H3,(H,22,24). The number of halogens is 3. The maximum atomic E-state index is 12.9. The summed E-state index contributed by atoms with van der Waals surface area (Å²) < 4.78 is 45.0. The fraction of sp³-hybridized carbons (Fsp3) is 0.176. The highest BCUT2D eigenvalue weighted by molar-refractivity contribution is 6.04. The van der Waals surface area contributed by atoms with Gasteiger partial charge in [-0.3, -0.25) is 9.20 Å². The molecule has 2 aromatic heterocycles. The number of hydrogen-bond donors (Lipinski definition) is 1. The van der Waals surface area contributed by atoms with E-state index in [2.05, 4.69) is 10.3 Å². The van der Waals surface area contributed by atoms with E-state index in [0.29, 0.717) is 17.1 Å². The number of nitrogens with one attached hydrogen (secondary N) is 1. The van der Waals surface area contributed by atoms with Crippen molar-refractivity contribution in [1.29, 1.82) is 0 Å². The molecule has 0 radical (unpaired) electrons. The van der Waals surface area contributed by atoms with Gasteiger partial charge in [0.05, 0.1) is 18.4 Å². The number of aryl methyl sites for hydroxylation is 1. The Labute approximate surface area is 141 Å². The zero-order chi connectivity index (χ0) is 18.2. The molecule has 1 aromatic carbocycles. The molecule has 1 amide bonds. The number of nitrogens with zero attached hydrogens (tertiary/aromatic N) is 2. The predicted molar refractivity (Wildman–Crippen MR) is 85.9 cm³/mol. The van der Waals surface area contributed by atoms with Crippen molar-refractivity contribution in [1.82, 2.24) is 9.38 Å². The van der Waals surface area contributed by atoms with Crippen molar-refractivity contribution in [2.75, 3.05) is 12.4 Å². The Hall–Kier alpha value is -3.03. The largest absolute Gasteiger partial charge is 0.497 e. The van der Waals surface area contributed by atoms with Crippen LogP contribution >= 0.6 is 0 Å². The lowest BCUT2D eigenvalue weighted by molar-refractivity contribution is -0.137. The summed E-state index contributed by atoms with van der Waals surface area (Å²) in [6.07, 6.45) is -3.64. The maximum absolute atomic E-state index is 12.9. The Bertz CT molecular complexity index is 948. The Balaban J connectivity index is 2.01. The number of rotatable bonds is 3. The topological polar surface area (TPSA) is 55.6 Å². The zero-order valence-electron chi connectivity index (χ0n) is 13.4. The van der Waals surface area contributed by atoms with Gasteiger partial charge in [0, 0.05) is 18.0 Å². The van der Waals surface area contributed by atoms with Crippen molar-refractivity contribution in [2.45, 2.75) is 13.1 Å². The molecule has 3 aromatic rings. The molecular formula is C17H14F3N3O2. The summed E-state index contributed by atoms with van der Waals surface area (Å²) in [6.45, 7) is 1.57. The highest BCUT2D eigenvalue weighted by Crippen LogP contribution is 2.30. The number of hydrogen-bond acceptors (Lipinski definition) is 3. The van der Waals surface area contributed by atoms with Crippen LogP contribution in [0, 0.1) is 6.92 Å². The Kier molecular flexibility index (Phi) is 4.12. The van der Waals surface area contributed by atoms with Gasteiger partial charge in [-0.2, -0.15) is 13.2 Å². The van der Waals surface area contributed by atoms with E-state index in [9.17, 15) is 18.0 Å². The Morgan fingerprint density at radius 2 is 2.00 bits per heavy atom. The predicted octanol–water partition coefficient (Wildman–Crippen LogP) is 3.92. The smallest absolute Gasteiger partial charge is 0.417 e. The summed E-state index contributed by atoms with van der Waals surface area (Å²) in [5.74, 6) is -0.00963. The van der Waals surface area contributed by atoms with Gasteiger partial charge in [-0.05, 0) is 31.2 Å². The summed E-state index contributed by atoms with van der Waals surface area (Å²) in [5, 5.41) is 2.65. The van der Waals surface area contributed by atoms with E-state index >= 15 is 0 Å². The molecule has 8 heteroatoms. The van der Waals surface area contributed by atoms with E-state index in [4.69, 9.17) is 4.74 Å². The summed E-state index contributed by atoms with van der Waals surface area (Å²) in [4.78, 5) is 16.7. The molecule has 5 nitrogen and oxygen atoms in total. The van der Waals surface area contributed by atoms with Crippen LogP contribution in [-0.4, -0.2) is 22.4 Å². The van der Waals surface area contributed by atoms with Gasteiger partial charge in [0.1, 0.15) is 17.1 Å². The highest BCUT2D eigenvalue weighted by atomic mass is 19.4. The molecule has 2 heterocycles. The van der Waals surface area contributed by atoms with Crippen LogP contribution in [0.25, 0.3) is 5.65 Å². The first-order valence-corrected chi connectivity index (χ1v) is 7.31. The molecule has 0 aliphatic heterocycles. The van der Waals surface area contributed by atoms with Crippen LogP contribution in [0.15, 0.2) is 42.6 Å². The van der Waals surface area contributed by atoms with Crippen molar-refractivity contribution in [3.05, 3.63) is 59.5 Å². The van der Waals surface area contributed by atoms with Crippen LogP contribution in [0.1, 0.15) is 21.7 Å². The molecule has 0 spiro atoms. The van der Waals surface area contributed by atoms with Crippen LogP contribution in [0.3, 0.4) is 0 Å². The first-order valence-electron chi connectivity index (χ1n) is 7.31. The third kappa shape index (κ3) is 3.28. The van der Waals surface area contributed by atoms with Gasteiger partial charge < -0.3 is 10.1 Å². The molecule has 0 aliphatic rings. The van der Waals surface area contributed by atoms with E-state index in [1.54, 1.807) is 31.2 Å². The van der Waals surface area contributed by atoms with E-state index in [-0.39, 0.29) is 11.3 Å². The van der Waals surface area contributed by atoms with E-state index < -0.39 is 17.6 Å². The summed E-state index contributed by atoms with van der Waals surface area (Å²) in [6, 6.07) is 8.84. The number of amides is 1. The molecule has 0 atom stereocenters. The van der Waals surface area contributed by atoms with Crippen molar-refractivity contribution in [2.24, 2.45) is 0 Å². The molecule has 3 rings (SSSR count). The van der Waals surface area contributed by atoms with E-state index in [0.717, 1.165) is 16.7 Å². The number of imidazole rings is 1. The number of benzene rings is 1. The van der Waals surface area contributed by atoms with Crippen molar-refractivity contribution >= 4 is 17.2 Å². The maximum Gasteiger partial charge on any atom is 0.417 e. The normalized spacial score (nSPS) is 11.6. The van der Waals surface area contributed by atoms with Gasteiger partial charge in [-0.1, -0.05) is 6.07 Å². The summed E-state index contributed by atoms with van der Waals surface area (Å²) >= 11 is 0. The number of methoxy groups -OCH3 is 1. The number of ether oxygens (including phenoxy) is 1. The molecule has 25 heavy (non-hydrogen) atoms. The van der Waals surface area contributed by atoms with Crippen LogP contribution in [0.5, 0.6) is 5.75 Å². The van der Waals surface area contributed by atoms with Crippen LogP contribution in [0.2, 0.25) is 0 Å². The number of fused-ring (bicyclic) bond motifs is 1. The summed E-state index contributed by atoms with van der Waals surface area (Å²) in [5.41, 5.74) is 0.253. The van der Waals surface area contributed by atoms with Crippen LogP contribution in [0.4, 0.5) is 18.9 Å². The van der Waals surface area contributed by atoms with Crippen LogP contribution in [-0.2, 0) is 6.18 Å². The minimum absolute atomic E-state index is 0.0453. The van der Waals surface area contributed by atoms with Crippen molar-refractivity contribution in [3.8, 4) is 5.75 Å². The lowest BCUT2D eigenvalue weighted by atomic mass is 10.2. The molecule has 0 aliphatic carbocycles. The molecule has 130 valence electrons. The van der Waals surface area contributed by atoms with Crippen molar-refractivity contribution < 1.29 is 22.7 Å². The number of anilines is 1. The lowest BCUT2D eigenvalue weighted by Crippen LogP contribution is -2.16. The number of pyridine rings is 1. The van der Waals surface area contributed by atoms with E-state index in [1.165, 1.54) is 13.2 Å². The molecule has 0 bridgehead atoms. The molecule has 0 saturated heterocycles. The van der Waals surface area contributed by atoms with E-state index in [1.807, 2.05) is 0 Å². The van der Waals surface area contributed by atoms with Gasteiger partial charge in [0.25, 0.3) is 5.91 Å². The van der Waals surface area contributed by atoms with Crippen molar-refractivity contribution in [3.63, 3.8) is 0 Å². The number of aromatic nitrogens is 2. The Morgan fingerprint density at radius 1 is 1.24 bits per heavy atom. The lowest BCUT2D eigenvalue weighted by Gasteiger charge is -2.10. The number of carbonyl (C=O) groups is 1. The highest BCUT2D eigenvalue weighted by Gasteiger charge is 2.31. The van der Waals surface area contributed by atoms with Gasteiger partial charge >= 0.3 is 6.18 Å². The third-order valence-electron chi connectivity index (χ3n) is 3.66. The average Bonchev–Trinajstić information content (AvgIpc) is 2.89. The van der Waals surface area contributed by atoms with Gasteiger partial charge in [0.15, 0.2) is 0 Å². The Morgan fingerprint density at radius 3 is 2.68 bits per heavy atom. The fourth-order valence-corrected chi connectivity index (χ4v) is 2.49. The molecule has 0 fully saturated rings. The molecule has 1 N–H and O–H groups in total. The molecule has 0 unspecified atom stereocenters. The van der Waals surface area contributed by atoms with Crippen LogP contribution < -0.4 is 10.1 Å².